The Morgan fingerprint density at radius 3 is 3.05 bits per heavy atom. The van der Waals surface area contributed by atoms with Gasteiger partial charge in [0.25, 0.3) is 0 Å². The molecule has 1 N–H and O–H groups in total. The van der Waals surface area contributed by atoms with Gasteiger partial charge in [-0.15, -0.1) is 0 Å². The Labute approximate surface area is 125 Å². The second-order valence-electron chi connectivity index (χ2n) is 5.77. The van der Waals surface area contributed by atoms with Crippen molar-refractivity contribution in [3.05, 3.63) is 59.2 Å². The summed E-state index contributed by atoms with van der Waals surface area (Å²) in [6.07, 6.45) is 1.04. The van der Waals surface area contributed by atoms with E-state index in [4.69, 9.17) is 4.74 Å². The van der Waals surface area contributed by atoms with Gasteiger partial charge in [-0.25, -0.2) is 0 Å². The molecule has 0 aliphatic carbocycles. The van der Waals surface area contributed by atoms with Crippen LogP contribution >= 0.6 is 0 Å². The van der Waals surface area contributed by atoms with E-state index in [-0.39, 0.29) is 0 Å². The normalized spacial score (nSPS) is 16.9. The highest BCUT2D eigenvalue weighted by Crippen LogP contribution is 2.28. The maximum absolute atomic E-state index is 5.60. The minimum absolute atomic E-state index is 0.829. The molecule has 2 aliphatic heterocycles. The van der Waals surface area contributed by atoms with Gasteiger partial charge in [-0.05, 0) is 28.8 Å². The molecule has 3 heteroatoms. The lowest BCUT2D eigenvalue weighted by Gasteiger charge is -2.25. The van der Waals surface area contributed by atoms with E-state index in [2.05, 4.69) is 52.7 Å². The quantitative estimate of drug-likeness (QED) is 0.915. The summed E-state index contributed by atoms with van der Waals surface area (Å²) < 4.78 is 5.60. The second kappa shape index (κ2) is 5.41. The van der Waals surface area contributed by atoms with Gasteiger partial charge in [-0.1, -0.05) is 30.3 Å². The van der Waals surface area contributed by atoms with Gasteiger partial charge in [0.05, 0.1) is 6.61 Å². The molecule has 108 valence electrons. The van der Waals surface area contributed by atoms with Crippen molar-refractivity contribution in [1.82, 2.24) is 5.32 Å². The summed E-state index contributed by atoms with van der Waals surface area (Å²) in [5.74, 6) is 1.07. The molecule has 0 saturated carbocycles. The first kappa shape index (κ1) is 12.7. The maximum Gasteiger partial charge on any atom is 0.122 e. The van der Waals surface area contributed by atoms with Crippen LogP contribution in [0.3, 0.4) is 0 Å². The van der Waals surface area contributed by atoms with Crippen LogP contribution in [0, 0.1) is 0 Å². The van der Waals surface area contributed by atoms with Crippen molar-refractivity contribution in [3.63, 3.8) is 0 Å². The van der Waals surface area contributed by atoms with Crippen LogP contribution in [0.1, 0.15) is 16.7 Å². The summed E-state index contributed by atoms with van der Waals surface area (Å²) in [5, 5.41) is 3.50. The summed E-state index contributed by atoms with van der Waals surface area (Å²) >= 11 is 0. The first-order valence-electron chi connectivity index (χ1n) is 7.68. The third-order valence-corrected chi connectivity index (χ3v) is 4.33. The molecule has 2 heterocycles. The average molecular weight is 280 g/mol. The lowest BCUT2D eigenvalue weighted by Crippen LogP contribution is -2.28. The Morgan fingerprint density at radius 1 is 1.10 bits per heavy atom. The number of benzene rings is 2. The van der Waals surface area contributed by atoms with Crippen LogP contribution in [0.4, 0.5) is 5.69 Å². The molecule has 0 atom stereocenters. The van der Waals surface area contributed by atoms with E-state index in [0.717, 1.165) is 45.0 Å². The van der Waals surface area contributed by atoms with Crippen LogP contribution in [-0.4, -0.2) is 19.7 Å². The lowest BCUT2D eigenvalue weighted by molar-refractivity contribution is 0.357. The minimum Gasteiger partial charge on any atom is -0.493 e. The van der Waals surface area contributed by atoms with E-state index in [0.29, 0.717) is 0 Å². The molecule has 0 radical (unpaired) electrons. The molecule has 0 saturated heterocycles. The van der Waals surface area contributed by atoms with Crippen molar-refractivity contribution < 1.29 is 4.74 Å². The third-order valence-electron chi connectivity index (χ3n) is 4.33. The van der Waals surface area contributed by atoms with Gasteiger partial charge < -0.3 is 15.0 Å². The highest BCUT2D eigenvalue weighted by atomic mass is 16.5. The fourth-order valence-corrected chi connectivity index (χ4v) is 3.25. The van der Waals surface area contributed by atoms with Gasteiger partial charge in [0.1, 0.15) is 5.75 Å². The Kier molecular flexibility index (Phi) is 3.28. The Morgan fingerprint density at radius 2 is 2.05 bits per heavy atom. The fraction of sp³-hybridized carbons (Fsp3) is 0.333. The Balaban J connectivity index is 1.62. The van der Waals surface area contributed by atoms with E-state index >= 15 is 0 Å². The van der Waals surface area contributed by atoms with Crippen molar-refractivity contribution in [1.29, 1.82) is 0 Å². The minimum atomic E-state index is 0.829. The van der Waals surface area contributed by atoms with Gasteiger partial charge in [0.15, 0.2) is 0 Å². The van der Waals surface area contributed by atoms with E-state index < -0.39 is 0 Å². The number of nitrogens with one attached hydrogen (secondary N) is 1. The molecule has 0 fully saturated rings. The Hall–Kier alpha value is -2.00. The number of hydrogen-bond donors (Lipinski definition) is 1. The molecule has 3 nitrogen and oxygen atoms in total. The maximum atomic E-state index is 5.60. The molecule has 2 aromatic rings. The number of anilines is 1. The summed E-state index contributed by atoms with van der Waals surface area (Å²) in [6, 6.07) is 15.3. The van der Waals surface area contributed by atoms with Crippen LogP contribution in [0.15, 0.2) is 42.5 Å². The first-order chi connectivity index (χ1) is 10.4. The molecule has 0 bridgehead atoms. The van der Waals surface area contributed by atoms with Crippen LogP contribution < -0.4 is 15.0 Å². The largest absolute Gasteiger partial charge is 0.493 e. The lowest BCUT2D eigenvalue weighted by atomic mass is 10.1. The molecule has 4 rings (SSSR count). The predicted octanol–water partition coefficient (Wildman–Crippen LogP) is 2.73. The molecule has 0 aromatic heterocycles. The number of ether oxygens (including phenoxy) is 1. The smallest absolute Gasteiger partial charge is 0.122 e. The van der Waals surface area contributed by atoms with Crippen LogP contribution in [0.5, 0.6) is 5.75 Å². The van der Waals surface area contributed by atoms with E-state index in [9.17, 15) is 0 Å². The SMILES string of the molecule is c1ccc2c(c1)CNCCN2Cc1ccc2c(c1)CCO2. The zero-order valence-corrected chi connectivity index (χ0v) is 12.1. The molecule has 0 unspecified atom stereocenters. The standard InChI is InChI=1S/C18H20N2O/c1-2-4-17-16(3-1)12-19-8-9-20(17)13-14-5-6-18-15(11-14)7-10-21-18/h1-6,11,19H,7-10,12-13H2. The number of para-hydroxylation sites is 1. The zero-order chi connectivity index (χ0) is 14.1. The van der Waals surface area contributed by atoms with Gasteiger partial charge in [0, 0.05) is 38.3 Å². The van der Waals surface area contributed by atoms with Crippen molar-refractivity contribution in [3.8, 4) is 5.75 Å². The van der Waals surface area contributed by atoms with Crippen molar-refractivity contribution in [2.75, 3.05) is 24.6 Å². The van der Waals surface area contributed by atoms with Gasteiger partial charge in [-0.2, -0.15) is 0 Å². The molecular formula is C18H20N2O. The molecule has 2 aromatic carbocycles. The highest BCUT2D eigenvalue weighted by molar-refractivity contribution is 5.55. The summed E-state index contributed by atoms with van der Waals surface area (Å²) in [6.45, 7) is 4.83. The number of hydrogen-bond acceptors (Lipinski definition) is 3. The van der Waals surface area contributed by atoms with Crippen LogP contribution in [-0.2, 0) is 19.5 Å². The molecule has 2 aliphatic rings. The highest BCUT2D eigenvalue weighted by Gasteiger charge is 2.16. The molecule has 0 spiro atoms. The van der Waals surface area contributed by atoms with Crippen molar-refractivity contribution in [2.24, 2.45) is 0 Å². The first-order valence-corrected chi connectivity index (χ1v) is 7.68. The molecular weight excluding hydrogens is 260 g/mol. The van der Waals surface area contributed by atoms with Crippen LogP contribution in [0.2, 0.25) is 0 Å². The second-order valence-corrected chi connectivity index (χ2v) is 5.77. The number of nitrogens with zero attached hydrogens (tertiary/aromatic N) is 1. The van der Waals surface area contributed by atoms with E-state index in [1.165, 1.54) is 22.4 Å². The fourth-order valence-electron chi connectivity index (χ4n) is 3.25. The van der Waals surface area contributed by atoms with Crippen LogP contribution in [0.25, 0.3) is 0 Å². The number of fused-ring (bicyclic) bond motifs is 2. The molecule has 21 heavy (non-hydrogen) atoms. The average Bonchev–Trinajstić information content (AvgIpc) is 2.89. The summed E-state index contributed by atoms with van der Waals surface area (Å²) in [5.41, 5.74) is 5.48. The van der Waals surface area contributed by atoms with Crippen molar-refractivity contribution in [2.45, 2.75) is 19.5 Å². The van der Waals surface area contributed by atoms with E-state index in [1.807, 2.05) is 0 Å². The van der Waals surface area contributed by atoms with Gasteiger partial charge in [0.2, 0.25) is 0 Å². The summed E-state index contributed by atoms with van der Waals surface area (Å²) in [7, 11) is 0. The van der Waals surface area contributed by atoms with Gasteiger partial charge in [-0.3, -0.25) is 0 Å². The molecule has 0 amide bonds. The number of rotatable bonds is 2. The third kappa shape index (κ3) is 2.49. The monoisotopic (exact) mass is 280 g/mol. The topological polar surface area (TPSA) is 24.5 Å². The van der Waals surface area contributed by atoms with Gasteiger partial charge >= 0.3 is 0 Å². The Bertz CT molecular complexity index is 653. The zero-order valence-electron chi connectivity index (χ0n) is 12.1. The van der Waals surface area contributed by atoms with E-state index in [1.54, 1.807) is 0 Å². The predicted molar refractivity (Wildman–Crippen MR) is 84.8 cm³/mol. The summed E-state index contributed by atoms with van der Waals surface area (Å²) in [4.78, 5) is 2.48. The van der Waals surface area contributed by atoms with Crippen molar-refractivity contribution >= 4 is 5.69 Å².